The van der Waals surface area contributed by atoms with Gasteiger partial charge in [0.1, 0.15) is 0 Å². The Morgan fingerprint density at radius 3 is 1.32 bits per heavy atom. The molecule has 19 heavy (non-hydrogen) atoms. The Bertz CT molecular complexity index is 197. The molecule has 0 aliphatic rings. The molecule has 0 heterocycles. The second-order valence-electron chi connectivity index (χ2n) is 4.75. The molecular weight excluding hydrogens is 258 g/mol. The van der Waals surface area contributed by atoms with Crippen molar-refractivity contribution in [1.29, 1.82) is 0 Å². The van der Waals surface area contributed by atoms with E-state index in [4.69, 9.17) is 13.3 Å². The van der Waals surface area contributed by atoms with Gasteiger partial charge in [0.05, 0.1) is 32.2 Å². The van der Waals surface area contributed by atoms with Gasteiger partial charge in [0.25, 0.3) is 0 Å². The monoisotopic (exact) mass is 292 g/mol. The lowest BCUT2D eigenvalue weighted by Gasteiger charge is -2.38. The fourth-order valence-corrected chi connectivity index (χ4v) is 5.27. The van der Waals surface area contributed by atoms with E-state index in [9.17, 15) is 0 Å². The molecule has 0 aliphatic heterocycles. The van der Waals surface area contributed by atoms with Crippen molar-refractivity contribution in [2.45, 2.75) is 47.6 Å². The van der Waals surface area contributed by atoms with Gasteiger partial charge in [0.2, 0.25) is 0 Å². The molecule has 0 bridgehead atoms. The number of quaternary nitrogens is 1. The van der Waals surface area contributed by atoms with E-state index in [0.29, 0.717) is 19.8 Å². The summed E-state index contributed by atoms with van der Waals surface area (Å²) in [6, 6.07) is 0.915. The fraction of sp³-hybridized carbons (Fsp3) is 1.00. The summed E-state index contributed by atoms with van der Waals surface area (Å²) in [5.74, 6) is 0. The minimum absolute atomic E-state index is 0.663. The molecule has 0 aromatic heterocycles. The smallest absolute Gasteiger partial charge is 0.374 e. The van der Waals surface area contributed by atoms with Crippen LogP contribution in [0.5, 0.6) is 0 Å². The van der Waals surface area contributed by atoms with Crippen molar-refractivity contribution >= 4 is 8.80 Å². The standard InChI is InChI=1S/C14H34NO3Si/c1-7-15(8-2,9-3)13-14-19(16-10-4,17-11-5)18-12-6/h7-14H2,1-6H3/q+1. The van der Waals surface area contributed by atoms with Crippen LogP contribution in [0.2, 0.25) is 6.04 Å². The Labute approximate surface area is 121 Å². The summed E-state index contributed by atoms with van der Waals surface area (Å²) in [4.78, 5) is 0. The molecule has 0 radical (unpaired) electrons. The lowest BCUT2D eigenvalue weighted by atomic mass is 10.3. The van der Waals surface area contributed by atoms with Crippen molar-refractivity contribution in [1.82, 2.24) is 0 Å². The zero-order chi connectivity index (χ0) is 14.8. The molecule has 0 amide bonds. The van der Waals surface area contributed by atoms with Crippen LogP contribution in [0.25, 0.3) is 0 Å². The fourth-order valence-electron chi connectivity index (χ4n) is 2.52. The zero-order valence-corrected chi connectivity index (χ0v) is 14.8. The van der Waals surface area contributed by atoms with Crippen LogP contribution < -0.4 is 0 Å². The number of nitrogens with zero attached hydrogens (tertiary/aromatic N) is 1. The highest BCUT2D eigenvalue weighted by molar-refractivity contribution is 6.60. The second kappa shape index (κ2) is 9.88. The quantitative estimate of drug-likeness (QED) is 0.409. The van der Waals surface area contributed by atoms with Gasteiger partial charge in [-0.15, -0.1) is 0 Å². The molecule has 5 heteroatoms. The van der Waals surface area contributed by atoms with Crippen molar-refractivity contribution < 1.29 is 17.8 Å². The van der Waals surface area contributed by atoms with E-state index in [2.05, 4.69) is 20.8 Å². The number of rotatable bonds is 12. The Morgan fingerprint density at radius 2 is 1.05 bits per heavy atom. The highest BCUT2D eigenvalue weighted by atomic mass is 28.4. The maximum absolute atomic E-state index is 5.92. The van der Waals surface area contributed by atoms with Crippen LogP contribution in [0.15, 0.2) is 0 Å². The third-order valence-electron chi connectivity index (χ3n) is 4.00. The van der Waals surface area contributed by atoms with Crippen LogP contribution in [0, 0.1) is 0 Å². The van der Waals surface area contributed by atoms with E-state index < -0.39 is 8.80 Å². The van der Waals surface area contributed by atoms with Crippen LogP contribution >= 0.6 is 0 Å². The first kappa shape index (κ1) is 19.1. The van der Waals surface area contributed by atoms with Crippen LogP contribution in [0.4, 0.5) is 0 Å². The molecule has 0 N–H and O–H groups in total. The molecule has 0 spiro atoms. The molecule has 0 aromatic carbocycles. The Kier molecular flexibility index (Phi) is 9.91. The maximum Gasteiger partial charge on any atom is 0.506 e. The van der Waals surface area contributed by atoms with E-state index in [-0.39, 0.29) is 0 Å². The molecule has 0 atom stereocenters. The van der Waals surface area contributed by atoms with Gasteiger partial charge in [-0.05, 0) is 41.5 Å². The third kappa shape index (κ3) is 5.91. The van der Waals surface area contributed by atoms with E-state index in [0.717, 1.165) is 36.7 Å². The van der Waals surface area contributed by atoms with Crippen LogP contribution in [0.3, 0.4) is 0 Å². The van der Waals surface area contributed by atoms with E-state index in [1.54, 1.807) is 0 Å². The van der Waals surface area contributed by atoms with Crippen molar-refractivity contribution in [2.75, 3.05) is 46.0 Å². The molecule has 0 aromatic rings. The molecule has 4 nitrogen and oxygen atoms in total. The summed E-state index contributed by atoms with van der Waals surface area (Å²) in [6.07, 6.45) is 0. The van der Waals surface area contributed by atoms with Crippen LogP contribution in [-0.4, -0.2) is 59.3 Å². The first-order valence-electron chi connectivity index (χ1n) is 7.84. The van der Waals surface area contributed by atoms with Crippen molar-refractivity contribution in [3.05, 3.63) is 0 Å². The van der Waals surface area contributed by atoms with Crippen molar-refractivity contribution in [3.8, 4) is 0 Å². The molecule has 0 saturated heterocycles. The second-order valence-corrected chi connectivity index (χ2v) is 7.48. The van der Waals surface area contributed by atoms with Crippen LogP contribution in [-0.2, 0) is 13.3 Å². The molecule has 0 fully saturated rings. The molecular formula is C14H34NO3Si+. The minimum Gasteiger partial charge on any atom is -0.374 e. The molecule has 116 valence electrons. The first-order valence-corrected chi connectivity index (χ1v) is 9.77. The average molecular weight is 293 g/mol. The number of hydrogen-bond acceptors (Lipinski definition) is 3. The van der Waals surface area contributed by atoms with Gasteiger partial charge >= 0.3 is 8.80 Å². The predicted octanol–water partition coefficient (Wildman–Crippen LogP) is 2.91. The minimum atomic E-state index is -2.47. The Hall–Kier alpha value is 0.0569. The summed E-state index contributed by atoms with van der Waals surface area (Å²) in [6.45, 7) is 19.4. The summed E-state index contributed by atoms with van der Waals surface area (Å²) >= 11 is 0. The summed E-state index contributed by atoms with van der Waals surface area (Å²) in [7, 11) is -2.47. The van der Waals surface area contributed by atoms with Gasteiger partial charge in [0, 0.05) is 19.8 Å². The molecule has 0 saturated carbocycles. The van der Waals surface area contributed by atoms with Gasteiger partial charge in [-0.1, -0.05) is 0 Å². The zero-order valence-electron chi connectivity index (χ0n) is 13.8. The Balaban J connectivity index is 4.78. The van der Waals surface area contributed by atoms with Gasteiger partial charge in [-0.25, -0.2) is 0 Å². The normalized spacial score (nSPS) is 12.9. The van der Waals surface area contributed by atoms with Gasteiger partial charge in [0.15, 0.2) is 0 Å². The van der Waals surface area contributed by atoms with Gasteiger partial charge in [-0.2, -0.15) is 0 Å². The highest BCUT2D eigenvalue weighted by Crippen LogP contribution is 2.19. The first-order chi connectivity index (χ1) is 9.07. The largest absolute Gasteiger partial charge is 0.506 e. The van der Waals surface area contributed by atoms with Crippen molar-refractivity contribution in [3.63, 3.8) is 0 Å². The topological polar surface area (TPSA) is 27.7 Å². The maximum atomic E-state index is 5.92. The highest BCUT2D eigenvalue weighted by Gasteiger charge is 2.42. The van der Waals surface area contributed by atoms with E-state index in [1.165, 1.54) is 0 Å². The Morgan fingerprint density at radius 1 is 0.684 bits per heavy atom. The van der Waals surface area contributed by atoms with E-state index >= 15 is 0 Å². The lowest BCUT2D eigenvalue weighted by molar-refractivity contribution is -0.921. The molecule has 0 unspecified atom stereocenters. The van der Waals surface area contributed by atoms with Gasteiger partial charge < -0.3 is 17.8 Å². The summed E-state index contributed by atoms with van der Waals surface area (Å²) in [5.41, 5.74) is 0. The summed E-state index contributed by atoms with van der Waals surface area (Å²) in [5, 5.41) is 0. The van der Waals surface area contributed by atoms with Gasteiger partial charge in [-0.3, -0.25) is 0 Å². The number of hydrogen-bond donors (Lipinski definition) is 0. The lowest BCUT2D eigenvalue weighted by Crippen LogP contribution is -2.54. The molecule has 0 aliphatic carbocycles. The van der Waals surface area contributed by atoms with Crippen LogP contribution in [0.1, 0.15) is 41.5 Å². The average Bonchev–Trinajstić information content (AvgIpc) is 2.42. The third-order valence-corrected chi connectivity index (χ3v) is 7.02. The predicted molar refractivity (Wildman–Crippen MR) is 82.2 cm³/mol. The van der Waals surface area contributed by atoms with E-state index in [1.807, 2.05) is 20.8 Å². The molecule has 0 rings (SSSR count). The summed E-state index contributed by atoms with van der Waals surface area (Å²) < 4.78 is 18.9. The van der Waals surface area contributed by atoms with Crippen molar-refractivity contribution in [2.24, 2.45) is 0 Å². The SMILES string of the molecule is CCO[Si](CC[N+](CC)(CC)CC)(OCC)OCC.